The summed E-state index contributed by atoms with van der Waals surface area (Å²) in [7, 11) is 2.06. The molecule has 0 saturated heterocycles. The number of benzene rings is 1. The summed E-state index contributed by atoms with van der Waals surface area (Å²) < 4.78 is 2.13. The molecule has 2 heteroatoms. The van der Waals surface area contributed by atoms with Crippen LogP contribution in [0, 0.1) is 0 Å². The second kappa shape index (κ2) is 3.93. The Morgan fingerprint density at radius 2 is 1.90 bits per heavy atom. The van der Waals surface area contributed by atoms with Crippen molar-refractivity contribution in [3.8, 4) is 0 Å². The lowest BCUT2D eigenvalue weighted by atomic mass is 10.2. The minimum absolute atomic E-state index is 1.02. The van der Waals surface area contributed by atoms with Gasteiger partial charge in [0, 0.05) is 29.4 Å². The fourth-order valence-electron chi connectivity index (χ4n) is 0.835. The van der Waals surface area contributed by atoms with Crippen molar-refractivity contribution in [2.24, 2.45) is 0 Å². The molecule has 1 aromatic rings. The average Bonchev–Trinajstić information content (AvgIpc) is 1.88. The van der Waals surface area contributed by atoms with Gasteiger partial charge in [0.2, 0.25) is 0 Å². The van der Waals surface area contributed by atoms with E-state index in [-0.39, 0.29) is 0 Å². The number of rotatable bonds is 2. The third-order valence-electron chi connectivity index (χ3n) is 1.24. The van der Waals surface area contributed by atoms with Crippen molar-refractivity contribution in [2.75, 3.05) is 7.05 Å². The van der Waals surface area contributed by atoms with Gasteiger partial charge < -0.3 is 0 Å². The van der Waals surface area contributed by atoms with E-state index >= 15 is 0 Å². The molecule has 1 nitrogen and oxygen atoms in total. The van der Waals surface area contributed by atoms with Gasteiger partial charge in [-0.05, 0) is 12.6 Å². The third-order valence-corrected chi connectivity index (χ3v) is 1.58. The molecular weight excluding hydrogens is 237 g/mol. The average molecular weight is 247 g/mol. The highest BCUT2D eigenvalue weighted by atomic mass is 127. The molecular formula is C8H10IN. The minimum atomic E-state index is 1.02. The topological polar surface area (TPSA) is 3.24 Å². The van der Waals surface area contributed by atoms with Gasteiger partial charge in [-0.3, -0.25) is 0 Å². The van der Waals surface area contributed by atoms with Crippen LogP contribution in [0.2, 0.25) is 0 Å². The maximum atomic E-state index is 2.28. The normalized spacial score (nSPS) is 10.3. The Morgan fingerprint density at radius 3 is 2.40 bits per heavy atom. The first kappa shape index (κ1) is 8.01. The van der Waals surface area contributed by atoms with Crippen molar-refractivity contribution in [2.45, 2.75) is 6.54 Å². The summed E-state index contributed by atoms with van der Waals surface area (Å²) in [6.07, 6.45) is 0. The van der Waals surface area contributed by atoms with Crippen LogP contribution < -0.4 is 0 Å². The zero-order valence-electron chi connectivity index (χ0n) is 5.92. The van der Waals surface area contributed by atoms with Crippen LogP contribution >= 0.6 is 22.9 Å². The molecule has 0 aliphatic rings. The molecule has 0 radical (unpaired) electrons. The van der Waals surface area contributed by atoms with Crippen LogP contribution in [0.3, 0.4) is 0 Å². The zero-order valence-corrected chi connectivity index (χ0v) is 8.08. The van der Waals surface area contributed by atoms with E-state index in [0.717, 1.165) is 6.54 Å². The van der Waals surface area contributed by atoms with Gasteiger partial charge >= 0.3 is 0 Å². The lowest BCUT2D eigenvalue weighted by molar-refractivity contribution is 0.610. The molecule has 0 atom stereocenters. The maximum absolute atomic E-state index is 2.28. The predicted octanol–water partition coefficient (Wildman–Crippen LogP) is 2.47. The number of halogens is 1. The van der Waals surface area contributed by atoms with Crippen molar-refractivity contribution in [3.63, 3.8) is 0 Å². The molecule has 54 valence electrons. The molecule has 0 heterocycles. The van der Waals surface area contributed by atoms with Crippen LogP contribution in [0.5, 0.6) is 0 Å². The third kappa shape index (κ3) is 2.66. The zero-order chi connectivity index (χ0) is 7.40. The second-order valence-electron chi connectivity index (χ2n) is 2.25. The van der Waals surface area contributed by atoms with Crippen molar-refractivity contribution in [1.29, 1.82) is 0 Å². The molecule has 0 bridgehead atoms. The quantitative estimate of drug-likeness (QED) is 0.573. The van der Waals surface area contributed by atoms with Gasteiger partial charge in [-0.2, -0.15) is 0 Å². The van der Waals surface area contributed by atoms with Gasteiger partial charge in [-0.25, -0.2) is 3.11 Å². The highest BCUT2D eigenvalue weighted by Gasteiger charge is 1.92. The standard InChI is InChI=1S/C8H10IN/c1-10(9)7-8-5-3-2-4-6-8/h2-6H,7H2,1H3. The molecule has 0 fully saturated rings. The van der Waals surface area contributed by atoms with Crippen LogP contribution in [-0.4, -0.2) is 10.2 Å². The number of hydrogen-bond donors (Lipinski definition) is 0. The van der Waals surface area contributed by atoms with E-state index in [2.05, 4.69) is 57.3 Å². The SMILES string of the molecule is CN(I)Cc1ccccc1. The summed E-state index contributed by atoms with van der Waals surface area (Å²) in [5.74, 6) is 0. The van der Waals surface area contributed by atoms with E-state index in [9.17, 15) is 0 Å². The summed E-state index contributed by atoms with van der Waals surface area (Å²) >= 11 is 2.28. The molecule has 0 N–H and O–H groups in total. The van der Waals surface area contributed by atoms with Gasteiger partial charge in [0.05, 0.1) is 0 Å². The molecule has 0 spiro atoms. The van der Waals surface area contributed by atoms with Gasteiger partial charge in [0.15, 0.2) is 0 Å². The Morgan fingerprint density at radius 1 is 1.30 bits per heavy atom. The van der Waals surface area contributed by atoms with Crippen LogP contribution in [0.4, 0.5) is 0 Å². The van der Waals surface area contributed by atoms with Gasteiger partial charge in [0.1, 0.15) is 0 Å². The smallest absolute Gasteiger partial charge is 0.0329 e. The Bertz CT molecular complexity index is 184. The number of nitrogens with zero attached hydrogens (tertiary/aromatic N) is 1. The fraction of sp³-hybridized carbons (Fsp3) is 0.250. The molecule has 0 amide bonds. The van der Waals surface area contributed by atoms with Crippen LogP contribution in [0.1, 0.15) is 5.56 Å². The molecule has 10 heavy (non-hydrogen) atoms. The van der Waals surface area contributed by atoms with Crippen LogP contribution in [0.25, 0.3) is 0 Å². The van der Waals surface area contributed by atoms with Crippen molar-refractivity contribution < 1.29 is 0 Å². The molecule has 1 rings (SSSR count). The Labute approximate surface area is 75.5 Å². The summed E-state index contributed by atoms with van der Waals surface area (Å²) in [4.78, 5) is 0. The van der Waals surface area contributed by atoms with Crippen LogP contribution in [-0.2, 0) is 6.54 Å². The Kier molecular flexibility index (Phi) is 3.15. The second-order valence-corrected chi connectivity index (χ2v) is 3.90. The minimum Gasteiger partial charge on any atom is -0.246 e. The molecule has 0 aromatic heterocycles. The lowest BCUT2D eigenvalue weighted by Crippen LogP contribution is -2.02. The first-order chi connectivity index (χ1) is 4.79. The monoisotopic (exact) mass is 247 g/mol. The number of hydrogen-bond acceptors (Lipinski definition) is 1. The summed E-state index contributed by atoms with van der Waals surface area (Å²) in [5, 5.41) is 0. The van der Waals surface area contributed by atoms with Crippen LogP contribution in [0.15, 0.2) is 30.3 Å². The Hall–Kier alpha value is -0.0900. The molecule has 0 saturated carbocycles. The highest BCUT2D eigenvalue weighted by Crippen LogP contribution is 2.04. The van der Waals surface area contributed by atoms with E-state index in [1.807, 2.05) is 6.07 Å². The first-order valence-corrected chi connectivity index (χ1v) is 4.16. The fourth-order valence-corrected chi connectivity index (χ4v) is 1.23. The Balaban J connectivity index is 2.59. The highest BCUT2D eigenvalue weighted by molar-refractivity contribution is 14.1. The largest absolute Gasteiger partial charge is 0.246 e. The molecule has 0 unspecified atom stereocenters. The maximum Gasteiger partial charge on any atom is 0.0329 e. The van der Waals surface area contributed by atoms with Gasteiger partial charge in [-0.1, -0.05) is 30.3 Å². The first-order valence-electron chi connectivity index (χ1n) is 3.20. The van der Waals surface area contributed by atoms with E-state index in [4.69, 9.17) is 0 Å². The van der Waals surface area contributed by atoms with E-state index in [1.54, 1.807) is 0 Å². The van der Waals surface area contributed by atoms with E-state index in [0.29, 0.717) is 0 Å². The summed E-state index contributed by atoms with van der Waals surface area (Å²) in [6.45, 7) is 1.02. The van der Waals surface area contributed by atoms with Gasteiger partial charge in [0.25, 0.3) is 0 Å². The molecule has 1 aromatic carbocycles. The van der Waals surface area contributed by atoms with E-state index < -0.39 is 0 Å². The van der Waals surface area contributed by atoms with Crippen molar-refractivity contribution in [3.05, 3.63) is 35.9 Å². The van der Waals surface area contributed by atoms with E-state index in [1.165, 1.54) is 5.56 Å². The summed E-state index contributed by atoms with van der Waals surface area (Å²) in [6, 6.07) is 10.4. The predicted molar refractivity (Wildman–Crippen MR) is 51.9 cm³/mol. The summed E-state index contributed by atoms with van der Waals surface area (Å²) in [5.41, 5.74) is 1.36. The lowest BCUT2D eigenvalue weighted by Gasteiger charge is -2.05. The van der Waals surface area contributed by atoms with Crippen molar-refractivity contribution >= 4 is 22.9 Å². The molecule has 0 aliphatic carbocycles. The van der Waals surface area contributed by atoms with Crippen molar-refractivity contribution in [1.82, 2.24) is 3.11 Å². The molecule has 0 aliphatic heterocycles. The van der Waals surface area contributed by atoms with Gasteiger partial charge in [-0.15, -0.1) is 0 Å².